The summed E-state index contributed by atoms with van der Waals surface area (Å²) in [5.74, 6) is -1.28. The van der Waals surface area contributed by atoms with Gasteiger partial charge in [-0.3, -0.25) is 4.79 Å². The van der Waals surface area contributed by atoms with Crippen LogP contribution < -0.4 is 0 Å². The molecule has 1 rings (SSSR count). The third kappa shape index (κ3) is 5.16. The first-order valence-corrected chi connectivity index (χ1v) is 6.95. The number of carboxylic acids is 1. The van der Waals surface area contributed by atoms with E-state index in [4.69, 9.17) is 9.84 Å². The number of carbonyl (C=O) groups is 2. The molecule has 18 heavy (non-hydrogen) atoms. The minimum Gasteiger partial charge on any atom is -0.480 e. The molecule has 0 radical (unpaired) electrons. The van der Waals surface area contributed by atoms with Crippen molar-refractivity contribution < 1.29 is 19.4 Å². The zero-order chi connectivity index (χ0) is 13.5. The highest BCUT2D eigenvalue weighted by atomic mass is 79.9. The van der Waals surface area contributed by atoms with Gasteiger partial charge in [-0.25, -0.2) is 4.79 Å². The van der Waals surface area contributed by atoms with Gasteiger partial charge in [-0.15, -0.1) is 11.3 Å². The van der Waals surface area contributed by atoms with Gasteiger partial charge in [0, 0.05) is 11.4 Å². The summed E-state index contributed by atoms with van der Waals surface area (Å²) < 4.78 is 5.80. The number of likely N-dealkylation sites (N-methyl/N-ethyl adjacent to an activating group) is 1. The minimum absolute atomic E-state index is 0.202. The molecule has 0 aliphatic rings. The van der Waals surface area contributed by atoms with E-state index in [0.717, 1.165) is 8.66 Å². The van der Waals surface area contributed by atoms with Crippen molar-refractivity contribution in [3.05, 3.63) is 20.8 Å². The number of carbonyl (C=O) groups excluding carboxylic acids is 1. The van der Waals surface area contributed by atoms with Crippen molar-refractivity contribution in [2.24, 2.45) is 0 Å². The summed E-state index contributed by atoms with van der Waals surface area (Å²) in [6.45, 7) is 2.30. The zero-order valence-corrected chi connectivity index (χ0v) is 12.3. The fourth-order valence-corrected chi connectivity index (χ4v) is 2.82. The molecule has 0 saturated carbocycles. The second kappa shape index (κ2) is 7.50. The van der Waals surface area contributed by atoms with Crippen LogP contribution in [-0.4, -0.2) is 41.6 Å². The van der Waals surface area contributed by atoms with Gasteiger partial charge in [0.2, 0.25) is 5.91 Å². The lowest BCUT2D eigenvalue weighted by Gasteiger charge is -2.19. The largest absolute Gasteiger partial charge is 0.480 e. The summed E-state index contributed by atoms with van der Waals surface area (Å²) in [5, 5.41) is 8.41. The first-order valence-electron chi connectivity index (χ1n) is 5.34. The van der Waals surface area contributed by atoms with Crippen LogP contribution in [0.25, 0.3) is 0 Å². The van der Waals surface area contributed by atoms with Gasteiger partial charge in [-0.05, 0) is 35.0 Å². The molecule has 0 fully saturated rings. The highest BCUT2D eigenvalue weighted by Crippen LogP contribution is 2.23. The van der Waals surface area contributed by atoms with Crippen molar-refractivity contribution >= 4 is 39.1 Å². The van der Waals surface area contributed by atoms with Crippen LogP contribution in [0.2, 0.25) is 0 Å². The van der Waals surface area contributed by atoms with Crippen LogP contribution in [0.3, 0.4) is 0 Å². The monoisotopic (exact) mass is 335 g/mol. The number of aliphatic carboxylic acids is 1. The lowest BCUT2D eigenvalue weighted by Crippen LogP contribution is -2.33. The molecule has 0 unspecified atom stereocenters. The predicted molar refractivity (Wildman–Crippen MR) is 71.6 cm³/mol. The fraction of sp³-hybridized carbons (Fsp3) is 0.455. The molecule has 7 heteroatoms. The molecule has 0 aromatic carbocycles. The Bertz CT molecular complexity index is 421. The van der Waals surface area contributed by atoms with Crippen molar-refractivity contribution in [3.8, 4) is 0 Å². The molecule has 0 aliphatic heterocycles. The van der Waals surface area contributed by atoms with Gasteiger partial charge in [-0.2, -0.15) is 0 Å². The predicted octanol–water partition coefficient (Wildman–Crippen LogP) is 1.96. The molecule has 1 aromatic rings. The van der Waals surface area contributed by atoms with Gasteiger partial charge in [-0.1, -0.05) is 0 Å². The molecule has 0 saturated heterocycles. The average molecular weight is 336 g/mol. The average Bonchev–Trinajstić information content (AvgIpc) is 2.71. The Balaban J connectivity index is 2.44. The molecule has 1 amide bonds. The van der Waals surface area contributed by atoms with Gasteiger partial charge in [0.1, 0.15) is 13.2 Å². The number of hydrogen-bond acceptors (Lipinski definition) is 4. The molecule has 1 aromatic heterocycles. The molecule has 5 nitrogen and oxygen atoms in total. The fourth-order valence-electron chi connectivity index (χ4n) is 1.32. The highest BCUT2D eigenvalue weighted by Gasteiger charge is 2.13. The van der Waals surface area contributed by atoms with Crippen LogP contribution in [0, 0.1) is 0 Å². The minimum atomic E-state index is -1.08. The van der Waals surface area contributed by atoms with E-state index in [9.17, 15) is 9.59 Å². The van der Waals surface area contributed by atoms with Gasteiger partial charge >= 0.3 is 5.97 Å². The van der Waals surface area contributed by atoms with Crippen LogP contribution >= 0.6 is 27.3 Å². The summed E-state index contributed by atoms with van der Waals surface area (Å²) >= 11 is 4.93. The molecule has 0 bridgehead atoms. The summed E-state index contributed by atoms with van der Waals surface area (Å²) in [5.41, 5.74) is 0. The van der Waals surface area contributed by atoms with Crippen molar-refractivity contribution in [1.29, 1.82) is 0 Å². The zero-order valence-electron chi connectivity index (χ0n) is 9.89. The molecular weight excluding hydrogens is 322 g/mol. The van der Waals surface area contributed by atoms with Crippen molar-refractivity contribution in [2.75, 3.05) is 19.8 Å². The van der Waals surface area contributed by atoms with E-state index in [1.165, 1.54) is 0 Å². The maximum absolute atomic E-state index is 11.8. The Labute approximate surface area is 117 Å². The maximum Gasteiger partial charge on any atom is 0.329 e. The van der Waals surface area contributed by atoms with E-state index in [1.54, 1.807) is 16.2 Å². The number of carboxylic acid groups (broad SMARTS) is 1. The molecule has 100 valence electrons. The number of nitrogens with zero attached hydrogens (tertiary/aromatic N) is 1. The molecular formula is C11H14BrNO4S. The van der Waals surface area contributed by atoms with Gasteiger partial charge in [0.15, 0.2) is 0 Å². The first-order chi connectivity index (χ1) is 8.52. The van der Waals surface area contributed by atoms with Crippen molar-refractivity contribution in [3.63, 3.8) is 0 Å². The Hall–Kier alpha value is -0.920. The summed E-state index contributed by atoms with van der Waals surface area (Å²) in [6.07, 6.45) is 0. The van der Waals surface area contributed by atoms with Crippen LogP contribution in [-0.2, 0) is 20.9 Å². The molecule has 0 aliphatic carbocycles. The normalized spacial score (nSPS) is 10.3. The third-order valence-electron chi connectivity index (χ3n) is 2.16. The van der Waals surface area contributed by atoms with E-state index in [1.807, 2.05) is 19.1 Å². The lowest BCUT2D eigenvalue weighted by atomic mass is 10.4. The quantitative estimate of drug-likeness (QED) is 0.827. The van der Waals surface area contributed by atoms with Gasteiger partial charge in [0.05, 0.1) is 10.3 Å². The molecule has 0 atom stereocenters. The number of rotatable bonds is 7. The van der Waals surface area contributed by atoms with Gasteiger partial charge in [0.25, 0.3) is 0 Å². The Morgan fingerprint density at radius 3 is 2.67 bits per heavy atom. The standard InChI is InChI=1S/C11H14BrNO4S/c1-2-13(5-8-3-4-9(12)18-8)10(14)6-17-7-11(15)16/h3-4H,2,5-7H2,1H3,(H,15,16). The van der Waals surface area contributed by atoms with E-state index >= 15 is 0 Å². The highest BCUT2D eigenvalue weighted by molar-refractivity contribution is 9.11. The summed E-state index contributed by atoms with van der Waals surface area (Å²) in [4.78, 5) is 24.7. The van der Waals surface area contributed by atoms with Crippen molar-refractivity contribution in [1.82, 2.24) is 4.90 Å². The van der Waals surface area contributed by atoms with E-state index < -0.39 is 12.6 Å². The SMILES string of the molecule is CCN(Cc1ccc(Br)s1)C(=O)COCC(=O)O. The summed E-state index contributed by atoms with van der Waals surface area (Å²) in [7, 11) is 0. The number of thiophene rings is 1. The van der Waals surface area contributed by atoms with Crippen LogP contribution in [0.4, 0.5) is 0 Å². The smallest absolute Gasteiger partial charge is 0.329 e. The third-order valence-corrected chi connectivity index (χ3v) is 3.77. The Kier molecular flexibility index (Phi) is 6.31. The maximum atomic E-state index is 11.8. The topological polar surface area (TPSA) is 66.8 Å². The second-order valence-corrected chi connectivity index (χ2v) is 6.05. The molecule has 0 spiro atoms. The van der Waals surface area contributed by atoms with E-state index in [0.29, 0.717) is 13.1 Å². The van der Waals surface area contributed by atoms with Crippen LogP contribution in [0.1, 0.15) is 11.8 Å². The molecule has 1 heterocycles. The van der Waals surface area contributed by atoms with Crippen LogP contribution in [0.15, 0.2) is 15.9 Å². The second-order valence-electron chi connectivity index (χ2n) is 3.50. The van der Waals surface area contributed by atoms with Crippen LogP contribution in [0.5, 0.6) is 0 Å². The molecule has 1 N–H and O–H groups in total. The number of amides is 1. The Morgan fingerprint density at radius 2 is 2.17 bits per heavy atom. The Morgan fingerprint density at radius 1 is 1.44 bits per heavy atom. The number of ether oxygens (including phenoxy) is 1. The lowest BCUT2D eigenvalue weighted by molar-refractivity contribution is -0.146. The number of halogens is 1. The van der Waals surface area contributed by atoms with E-state index in [2.05, 4.69) is 15.9 Å². The first kappa shape index (κ1) is 15.1. The number of hydrogen-bond donors (Lipinski definition) is 1. The van der Waals surface area contributed by atoms with Gasteiger partial charge < -0.3 is 14.7 Å². The van der Waals surface area contributed by atoms with Crippen molar-refractivity contribution in [2.45, 2.75) is 13.5 Å². The summed E-state index contributed by atoms with van der Waals surface area (Å²) in [6, 6.07) is 3.88. The van der Waals surface area contributed by atoms with E-state index in [-0.39, 0.29) is 12.5 Å².